The van der Waals surface area contributed by atoms with Gasteiger partial charge in [0.2, 0.25) is 18.2 Å². The second kappa shape index (κ2) is 4.30. The zero-order valence-corrected chi connectivity index (χ0v) is 8.84. The minimum atomic E-state index is -0.452. The Morgan fingerprint density at radius 3 is 3.12 bits per heavy atom. The van der Waals surface area contributed by atoms with Gasteiger partial charge in [-0.25, -0.2) is 0 Å². The largest absolute Gasteiger partial charge is 0.343 e. The molecule has 1 aromatic rings. The topological polar surface area (TPSA) is 88.3 Å². The maximum Gasteiger partial charge on any atom is 0.245 e. The van der Waals surface area contributed by atoms with Crippen LogP contribution in [0.3, 0.4) is 0 Å². The van der Waals surface area contributed by atoms with Crippen molar-refractivity contribution in [1.82, 2.24) is 20.4 Å². The predicted molar refractivity (Wildman–Crippen MR) is 52.2 cm³/mol. The highest BCUT2D eigenvalue weighted by Crippen LogP contribution is 2.03. The van der Waals surface area contributed by atoms with Gasteiger partial charge >= 0.3 is 0 Å². The van der Waals surface area contributed by atoms with Crippen molar-refractivity contribution < 1.29 is 14.1 Å². The molecule has 0 bridgehead atoms. The first kappa shape index (κ1) is 10.6. The van der Waals surface area contributed by atoms with E-state index in [0.29, 0.717) is 18.8 Å². The van der Waals surface area contributed by atoms with Crippen LogP contribution < -0.4 is 5.32 Å². The molecule has 1 aromatic heterocycles. The third kappa shape index (κ3) is 2.18. The Bertz CT molecular complexity index is 389. The van der Waals surface area contributed by atoms with E-state index in [-0.39, 0.29) is 18.4 Å². The Balaban J connectivity index is 1.93. The fourth-order valence-corrected chi connectivity index (χ4v) is 1.60. The number of piperazine rings is 1. The Morgan fingerprint density at radius 1 is 1.62 bits per heavy atom. The SMILES string of the molecule is CC1NC(=O)CN(CCc2ncon2)C1=O. The zero-order valence-electron chi connectivity index (χ0n) is 8.84. The summed E-state index contributed by atoms with van der Waals surface area (Å²) in [4.78, 5) is 28.3. The van der Waals surface area contributed by atoms with E-state index in [9.17, 15) is 9.59 Å². The third-order valence-electron chi connectivity index (χ3n) is 2.41. The van der Waals surface area contributed by atoms with Gasteiger partial charge in [0.15, 0.2) is 5.82 Å². The van der Waals surface area contributed by atoms with Crippen LogP contribution in [0.2, 0.25) is 0 Å². The Hall–Kier alpha value is -1.92. The molecule has 1 atom stereocenters. The molecule has 1 aliphatic rings. The van der Waals surface area contributed by atoms with Gasteiger partial charge in [0, 0.05) is 13.0 Å². The van der Waals surface area contributed by atoms with Crippen molar-refractivity contribution in [2.45, 2.75) is 19.4 Å². The van der Waals surface area contributed by atoms with Crippen LogP contribution in [0.15, 0.2) is 10.9 Å². The quantitative estimate of drug-likeness (QED) is 0.708. The lowest BCUT2D eigenvalue weighted by atomic mass is 10.2. The normalized spacial score (nSPS) is 21.1. The Kier molecular flexibility index (Phi) is 2.84. The van der Waals surface area contributed by atoms with Gasteiger partial charge in [0.25, 0.3) is 0 Å². The molecule has 2 rings (SSSR count). The van der Waals surface area contributed by atoms with Gasteiger partial charge in [0.1, 0.15) is 6.04 Å². The number of carbonyl (C=O) groups excluding carboxylic acids is 2. The van der Waals surface area contributed by atoms with E-state index in [4.69, 9.17) is 0 Å². The van der Waals surface area contributed by atoms with Crippen LogP contribution in [0.4, 0.5) is 0 Å². The van der Waals surface area contributed by atoms with Gasteiger partial charge in [0.05, 0.1) is 6.54 Å². The van der Waals surface area contributed by atoms with Crippen molar-refractivity contribution in [3.63, 3.8) is 0 Å². The highest BCUT2D eigenvalue weighted by atomic mass is 16.5. The number of amides is 2. The van der Waals surface area contributed by atoms with Crippen LogP contribution in [0.5, 0.6) is 0 Å². The minimum Gasteiger partial charge on any atom is -0.343 e. The van der Waals surface area contributed by atoms with Crippen molar-refractivity contribution in [2.24, 2.45) is 0 Å². The molecule has 16 heavy (non-hydrogen) atoms. The van der Waals surface area contributed by atoms with Crippen molar-refractivity contribution >= 4 is 11.8 Å². The summed E-state index contributed by atoms with van der Waals surface area (Å²) in [6.45, 7) is 2.19. The molecule has 1 saturated heterocycles. The average Bonchev–Trinajstić information content (AvgIpc) is 2.74. The first-order valence-corrected chi connectivity index (χ1v) is 5.00. The van der Waals surface area contributed by atoms with Gasteiger partial charge in [-0.05, 0) is 6.92 Å². The van der Waals surface area contributed by atoms with Gasteiger partial charge in [-0.15, -0.1) is 0 Å². The maximum absolute atomic E-state index is 11.7. The fourth-order valence-electron chi connectivity index (χ4n) is 1.60. The summed E-state index contributed by atoms with van der Waals surface area (Å²) in [5, 5.41) is 6.21. The van der Waals surface area contributed by atoms with E-state index in [1.807, 2.05) is 0 Å². The molecule has 0 radical (unpaired) electrons. The number of carbonyl (C=O) groups is 2. The molecule has 1 aliphatic heterocycles. The fraction of sp³-hybridized carbons (Fsp3) is 0.556. The van der Waals surface area contributed by atoms with E-state index in [0.717, 1.165) is 0 Å². The zero-order chi connectivity index (χ0) is 11.5. The molecular formula is C9H12N4O3. The molecule has 86 valence electrons. The first-order chi connectivity index (χ1) is 7.66. The second-order valence-electron chi connectivity index (χ2n) is 3.65. The van der Waals surface area contributed by atoms with Crippen molar-refractivity contribution in [2.75, 3.05) is 13.1 Å². The number of nitrogens with one attached hydrogen (secondary N) is 1. The van der Waals surface area contributed by atoms with Gasteiger partial charge in [-0.1, -0.05) is 5.16 Å². The summed E-state index contributed by atoms with van der Waals surface area (Å²) < 4.78 is 4.58. The van der Waals surface area contributed by atoms with Crippen molar-refractivity contribution in [1.29, 1.82) is 0 Å². The van der Waals surface area contributed by atoms with E-state index < -0.39 is 6.04 Å². The molecule has 7 heteroatoms. The van der Waals surface area contributed by atoms with Crippen LogP contribution in [0.1, 0.15) is 12.7 Å². The molecule has 7 nitrogen and oxygen atoms in total. The predicted octanol–water partition coefficient (Wildman–Crippen LogP) is -1.04. The number of hydrogen-bond acceptors (Lipinski definition) is 5. The van der Waals surface area contributed by atoms with Crippen LogP contribution in [0.25, 0.3) is 0 Å². The standard InChI is InChI=1S/C9H12N4O3/c1-6-9(15)13(4-8(14)11-6)3-2-7-10-5-16-12-7/h5-6H,2-4H2,1H3,(H,11,14). The molecule has 2 heterocycles. The monoisotopic (exact) mass is 224 g/mol. The van der Waals surface area contributed by atoms with Crippen LogP contribution in [0, 0.1) is 0 Å². The third-order valence-corrected chi connectivity index (χ3v) is 2.41. The molecule has 0 saturated carbocycles. The van der Waals surface area contributed by atoms with E-state index in [2.05, 4.69) is 20.0 Å². The highest BCUT2D eigenvalue weighted by Gasteiger charge is 2.29. The summed E-state index contributed by atoms with van der Waals surface area (Å²) >= 11 is 0. The van der Waals surface area contributed by atoms with Gasteiger partial charge in [-0.2, -0.15) is 4.98 Å². The Morgan fingerprint density at radius 2 is 2.44 bits per heavy atom. The van der Waals surface area contributed by atoms with Gasteiger partial charge in [-0.3, -0.25) is 9.59 Å². The molecule has 1 N–H and O–H groups in total. The summed E-state index contributed by atoms with van der Waals surface area (Å²) in [5.74, 6) is 0.315. The van der Waals surface area contributed by atoms with Crippen molar-refractivity contribution in [3.8, 4) is 0 Å². The lowest BCUT2D eigenvalue weighted by Crippen LogP contribution is -2.57. The molecule has 2 amide bonds. The molecule has 0 aromatic carbocycles. The summed E-state index contributed by atoms with van der Waals surface area (Å²) in [7, 11) is 0. The smallest absolute Gasteiger partial charge is 0.245 e. The second-order valence-corrected chi connectivity index (χ2v) is 3.65. The lowest BCUT2D eigenvalue weighted by molar-refractivity contribution is -0.143. The molecule has 1 fully saturated rings. The molecular weight excluding hydrogens is 212 g/mol. The first-order valence-electron chi connectivity index (χ1n) is 5.00. The van der Waals surface area contributed by atoms with Crippen LogP contribution >= 0.6 is 0 Å². The van der Waals surface area contributed by atoms with E-state index in [1.54, 1.807) is 6.92 Å². The van der Waals surface area contributed by atoms with E-state index >= 15 is 0 Å². The van der Waals surface area contributed by atoms with E-state index in [1.165, 1.54) is 11.3 Å². The summed E-state index contributed by atoms with van der Waals surface area (Å²) in [6, 6.07) is -0.452. The number of nitrogens with zero attached hydrogens (tertiary/aromatic N) is 3. The number of aromatic nitrogens is 2. The molecule has 0 spiro atoms. The van der Waals surface area contributed by atoms with Gasteiger partial charge < -0.3 is 14.7 Å². The minimum absolute atomic E-state index is 0.0805. The number of rotatable bonds is 3. The maximum atomic E-state index is 11.7. The summed E-state index contributed by atoms with van der Waals surface area (Å²) in [5.41, 5.74) is 0. The summed E-state index contributed by atoms with van der Waals surface area (Å²) in [6.07, 6.45) is 1.73. The molecule has 1 unspecified atom stereocenters. The van der Waals surface area contributed by atoms with Crippen LogP contribution in [-0.4, -0.2) is 46.0 Å². The number of hydrogen-bond donors (Lipinski definition) is 1. The van der Waals surface area contributed by atoms with Crippen molar-refractivity contribution in [3.05, 3.63) is 12.2 Å². The average molecular weight is 224 g/mol. The lowest BCUT2D eigenvalue weighted by Gasteiger charge is -2.30. The molecule has 0 aliphatic carbocycles. The highest BCUT2D eigenvalue weighted by molar-refractivity contribution is 5.94. The van der Waals surface area contributed by atoms with Crippen LogP contribution in [-0.2, 0) is 16.0 Å². The Labute approximate surface area is 91.8 Å².